The van der Waals surface area contributed by atoms with E-state index in [1.807, 2.05) is 19.9 Å². The normalized spacial score (nSPS) is 22.9. The van der Waals surface area contributed by atoms with Crippen LogP contribution in [-0.4, -0.2) is 61.5 Å². The van der Waals surface area contributed by atoms with Crippen LogP contribution in [-0.2, 0) is 24.0 Å². The van der Waals surface area contributed by atoms with Crippen molar-refractivity contribution in [2.75, 3.05) is 34.1 Å². The van der Waals surface area contributed by atoms with E-state index in [-0.39, 0.29) is 18.5 Å². The molecular formula is C19H25ClN2O5. The number of carbonyl (C=O) groups excluding carboxylic acids is 2. The molecule has 0 N–H and O–H groups in total. The zero-order chi connectivity index (χ0) is 19.8. The van der Waals surface area contributed by atoms with Crippen LogP contribution in [0, 0.1) is 13.8 Å². The molecule has 2 aliphatic rings. The molecule has 2 heterocycles. The van der Waals surface area contributed by atoms with Crippen molar-refractivity contribution < 1.29 is 24.0 Å². The molecule has 2 aliphatic heterocycles. The van der Waals surface area contributed by atoms with Crippen molar-refractivity contribution in [3.63, 3.8) is 0 Å². The number of rotatable bonds is 5. The average molecular weight is 397 g/mol. The van der Waals surface area contributed by atoms with Gasteiger partial charge in [0, 0.05) is 25.2 Å². The quantitative estimate of drug-likeness (QED) is 0.562. The maximum absolute atomic E-state index is 13.6. The van der Waals surface area contributed by atoms with E-state index in [0.717, 1.165) is 11.1 Å². The second-order valence-corrected chi connectivity index (χ2v) is 7.42. The number of nitrogens with zero attached hydrogens (tertiary/aromatic N) is 2. The number of halogens is 1. The summed E-state index contributed by atoms with van der Waals surface area (Å²) in [5.41, 5.74) is 1.27. The Morgan fingerprint density at radius 1 is 1.19 bits per heavy atom. The highest BCUT2D eigenvalue weighted by molar-refractivity contribution is 6.31. The zero-order valence-electron chi connectivity index (χ0n) is 16.1. The number of piperidine rings is 1. The van der Waals surface area contributed by atoms with Gasteiger partial charge in [0.15, 0.2) is 12.6 Å². The number of amides is 1. The molecule has 0 saturated carbocycles. The summed E-state index contributed by atoms with van der Waals surface area (Å²) in [6, 6.07) is 3.62. The number of benzene rings is 1. The monoisotopic (exact) mass is 396 g/mol. The van der Waals surface area contributed by atoms with Crippen molar-refractivity contribution in [2.45, 2.75) is 38.1 Å². The van der Waals surface area contributed by atoms with Crippen molar-refractivity contribution in [3.05, 3.63) is 33.8 Å². The Bertz CT molecular complexity index is 746. The maximum atomic E-state index is 13.6. The van der Waals surface area contributed by atoms with Gasteiger partial charge in [-0.15, -0.1) is 0 Å². The van der Waals surface area contributed by atoms with Gasteiger partial charge in [-0.25, -0.2) is 9.90 Å². The van der Waals surface area contributed by atoms with Crippen LogP contribution in [0.4, 0.5) is 0 Å². The van der Waals surface area contributed by atoms with Crippen molar-refractivity contribution in [1.29, 1.82) is 0 Å². The molecule has 2 fully saturated rings. The van der Waals surface area contributed by atoms with Crippen molar-refractivity contribution in [3.8, 4) is 0 Å². The van der Waals surface area contributed by atoms with E-state index in [1.54, 1.807) is 18.2 Å². The first kappa shape index (κ1) is 20.2. The summed E-state index contributed by atoms with van der Waals surface area (Å²) in [4.78, 5) is 37.8. The lowest BCUT2D eigenvalue weighted by molar-refractivity contribution is -0.256. The molecule has 0 bridgehead atoms. The summed E-state index contributed by atoms with van der Waals surface area (Å²) < 4.78 is 4.99. The second kappa shape index (κ2) is 7.85. The van der Waals surface area contributed by atoms with Crippen molar-refractivity contribution >= 4 is 23.3 Å². The third kappa shape index (κ3) is 3.28. The molecule has 0 aliphatic carbocycles. The number of ketones is 1. The molecule has 1 amide bonds. The number of Topliss-reactive ketones (excluding diaryl/α,β-unsaturated/α-hetero) is 1. The highest BCUT2D eigenvalue weighted by atomic mass is 35.5. The summed E-state index contributed by atoms with van der Waals surface area (Å²) in [7, 11) is 3.08. The van der Waals surface area contributed by atoms with Gasteiger partial charge in [0.1, 0.15) is 11.5 Å². The molecule has 7 nitrogen and oxygen atoms in total. The summed E-state index contributed by atoms with van der Waals surface area (Å²) in [6.45, 7) is 4.68. The van der Waals surface area contributed by atoms with Crippen LogP contribution < -0.4 is 0 Å². The first-order valence-corrected chi connectivity index (χ1v) is 9.30. The predicted octanol–water partition coefficient (Wildman–Crippen LogP) is 2.38. The fourth-order valence-corrected chi connectivity index (χ4v) is 4.29. The predicted molar refractivity (Wildman–Crippen MR) is 99.0 cm³/mol. The van der Waals surface area contributed by atoms with Crippen LogP contribution in [0.3, 0.4) is 0 Å². The van der Waals surface area contributed by atoms with Gasteiger partial charge in [-0.05, 0) is 49.4 Å². The molecule has 148 valence electrons. The molecule has 1 aromatic rings. The largest absolute Gasteiger partial charge is 0.356 e. The fraction of sp³-hybridized carbons (Fsp3) is 0.579. The maximum Gasteiger partial charge on any atom is 0.262 e. The second-order valence-electron chi connectivity index (χ2n) is 7.01. The van der Waals surface area contributed by atoms with Crippen LogP contribution in [0.15, 0.2) is 12.1 Å². The van der Waals surface area contributed by atoms with Gasteiger partial charge in [-0.2, -0.15) is 5.06 Å². The Kier molecular flexibility index (Phi) is 5.88. The molecule has 2 saturated heterocycles. The number of methoxy groups -OCH3 is 1. The average Bonchev–Trinajstić information content (AvgIpc) is 2.86. The summed E-state index contributed by atoms with van der Waals surface area (Å²) >= 11 is 6.28. The topological polar surface area (TPSA) is 68.3 Å². The standard InChI is InChI=1S/C19H25ClN2O5/c1-12-5-6-14(20)13(2)15(12)16-17(23)19(7-9-21(26-4)10-8-19)22(18(16)24)27-11-25-3/h5-6,16H,7-11H2,1-4H3. The molecule has 8 heteroatoms. The Morgan fingerprint density at radius 2 is 1.85 bits per heavy atom. The van der Waals surface area contributed by atoms with E-state index < -0.39 is 11.5 Å². The first-order chi connectivity index (χ1) is 12.9. The Morgan fingerprint density at radius 3 is 2.44 bits per heavy atom. The molecule has 27 heavy (non-hydrogen) atoms. The van der Waals surface area contributed by atoms with Gasteiger partial charge >= 0.3 is 0 Å². The lowest BCUT2D eigenvalue weighted by Gasteiger charge is -2.41. The highest BCUT2D eigenvalue weighted by Gasteiger charge is 2.61. The van der Waals surface area contributed by atoms with E-state index in [1.165, 1.54) is 12.2 Å². The van der Waals surface area contributed by atoms with Gasteiger partial charge in [0.25, 0.3) is 5.91 Å². The minimum atomic E-state index is -1.02. The SMILES string of the molecule is COCON1C(=O)C(c2c(C)ccc(Cl)c2C)C(=O)C12CCN(OC)CC2. The lowest BCUT2D eigenvalue weighted by Crippen LogP contribution is -2.56. The van der Waals surface area contributed by atoms with Crippen molar-refractivity contribution in [2.24, 2.45) is 0 Å². The van der Waals surface area contributed by atoms with Crippen LogP contribution in [0.25, 0.3) is 0 Å². The van der Waals surface area contributed by atoms with Gasteiger partial charge in [-0.1, -0.05) is 17.7 Å². The number of hydroxylamine groups is 4. The third-order valence-electron chi connectivity index (χ3n) is 5.62. The lowest BCUT2D eigenvalue weighted by atomic mass is 9.79. The van der Waals surface area contributed by atoms with E-state index in [9.17, 15) is 9.59 Å². The smallest absolute Gasteiger partial charge is 0.262 e. The Labute approximate surface area is 164 Å². The molecule has 1 aromatic carbocycles. The van der Waals surface area contributed by atoms with E-state index in [0.29, 0.717) is 36.5 Å². The minimum Gasteiger partial charge on any atom is -0.356 e. The molecule has 1 spiro atoms. The fourth-order valence-electron chi connectivity index (χ4n) is 4.13. The highest BCUT2D eigenvalue weighted by Crippen LogP contribution is 2.45. The van der Waals surface area contributed by atoms with Gasteiger partial charge in [-0.3, -0.25) is 9.59 Å². The van der Waals surface area contributed by atoms with Gasteiger partial charge in [0.05, 0.1) is 7.11 Å². The van der Waals surface area contributed by atoms with Crippen LogP contribution in [0.2, 0.25) is 5.02 Å². The molecule has 1 unspecified atom stereocenters. The van der Waals surface area contributed by atoms with Gasteiger partial charge < -0.3 is 9.57 Å². The molecule has 0 radical (unpaired) electrons. The molecule has 0 aromatic heterocycles. The molecular weight excluding hydrogens is 372 g/mol. The number of hydrogen-bond acceptors (Lipinski definition) is 6. The Hall–Kier alpha value is -1.51. The Balaban J connectivity index is 2.04. The van der Waals surface area contributed by atoms with Crippen LogP contribution in [0.1, 0.15) is 35.4 Å². The van der Waals surface area contributed by atoms with Gasteiger partial charge in [0.2, 0.25) is 0 Å². The number of hydrogen-bond donors (Lipinski definition) is 0. The first-order valence-electron chi connectivity index (χ1n) is 8.92. The summed E-state index contributed by atoms with van der Waals surface area (Å²) in [6.07, 6.45) is 0.870. The summed E-state index contributed by atoms with van der Waals surface area (Å²) in [5, 5.41) is 3.56. The van der Waals surface area contributed by atoms with E-state index >= 15 is 0 Å². The number of ether oxygens (including phenoxy) is 1. The third-order valence-corrected chi connectivity index (χ3v) is 6.03. The van der Waals surface area contributed by atoms with E-state index in [4.69, 9.17) is 26.0 Å². The van der Waals surface area contributed by atoms with E-state index in [2.05, 4.69) is 0 Å². The number of aryl methyl sites for hydroxylation is 1. The van der Waals surface area contributed by atoms with Crippen LogP contribution >= 0.6 is 11.6 Å². The van der Waals surface area contributed by atoms with Crippen molar-refractivity contribution in [1.82, 2.24) is 10.1 Å². The molecule has 3 rings (SSSR count). The zero-order valence-corrected chi connectivity index (χ0v) is 16.8. The summed E-state index contributed by atoms with van der Waals surface area (Å²) in [5.74, 6) is -1.43. The van der Waals surface area contributed by atoms with Crippen LogP contribution in [0.5, 0.6) is 0 Å². The molecule has 1 atom stereocenters. The number of carbonyl (C=O) groups is 2. The minimum absolute atomic E-state index is 0.102.